The van der Waals surface area contributed by atoms with Gasteiger partial charge in [0, 0.05) is 67.5 Å². The molecule has 0 spiro atoms. The van der Waals surface area contributed by atoms with Crippen LogP contribution in [0.4, 0.5) is 8.78 Å². The summed E-state index contributed by atoms with van der Waals surface area (Å²) in [5, 5.41) is 5.77. The molecule has 2 fully saturated rings. The quantitative estimate of drug-likeness (QED) is 0.205. The van der Waals surface area contributed by atoms with Crippen molar-refractivity contribution in [1.82, 2.24) is 20.4 Å². The fraction of sp³-hybridized carbons (Fsp3) is 0.400. The number of nitrogens with zero attached hydrogens (tertiary/aromatic N) is 4. The molecule has 11 nitrogen and oxygen atoms in total. The van der Waals surface area contributed by atoms with E-state index >= 15 is 0 Å². The third-order valence-electron chi connectivity index (χ3n) is 7.42. The highest BCUT2D eigenvalue weighted by molar-refractivity contribution is 6.30. The Morgan fingerprint density at radius 1 is 1.27 bits per heavy atom. The molecule has 0 bridgehead atoms. The molecule has 44 heavy (non-hydrogen) atoms. The van der Waals surface area contributed by atoms with Gasteiger partial charge in [-0.15, -0.1) is 0 Å². The zero-order valence-corrected chi connectivity index (χ0v) is 25.0. The van der Waals surface area contributed by atoms with Gasteiger partial charge in [-0.05, 0) is 56.5 Å². The molecule has 0 saturated carbocycles. The van der Waals surface area contributed by atoms with E-state index in [1.165, 1.54) is 30.6 Å². The molecule has 0 aliphatic carbocycles. The van der Waals surface area contributed by atoms with Gasteiger partial charge in [-0.25, -0.2) is 4.99 Å². The number of nitrogens with one attached hydrogen (secondary N) is 2. The van der Waals surface area contributed by atoms with Gasteiger partial charge in [-0.3, -0.25) is 14.6 Å². The number of amides is 2. The number of benzene rings is 1. The lowest BCUT2D eigenvalue weighted by Crippen LogP contribution is -2.37. The summed E-state index contributed by atoms with van der Waals surface area (Å²) in [5.41, 5.74) is 12.3. The maximum Gasteiger partial charge on any atom is 0.387 e. The van der Waals surface area contributed by atoms with Crippen molar-refractivity contribution < 1.29 is 23.1 Å². The number of alkyl halides is 2. The fourth-order valence-corrected chi connectivity index (χ4v) is 5.35. The highest BCUT2D eigenvalue weighted by Gasteiger charge is 2.24. The number of aliphatic imine (C=N–C) groups is 2. The molecular formula is C30H37ClF2N8O3. The number of allylic oxidation sites excluding steroid dienone is 2. The Hall–Kier alpha value is -4.23. The third-order valence-corrected chi connectivity index (χ3v) is 7.66. The van der Waals surface area contributed by atoms with Crippen LogP contribution in [0.2, 0.25) is 5.02 Å². The Morgan fingerprint density at radius 3 is 2.68 bits per heavy atom. The minimum absolute atomic E-state index is 0.0313. The van der Waals surface area contributed by atoms with E-state index in [0.717, 1.165) is 58.4 Å². The Labute approximate surface area is 260 Å². The summed E-state index contributed by atoms with van der Waals surface area (Å²) in [5.74, 6) is -0.520. The number of ether oxygens (including phenoxy) is 1. The molecule has 0 radical (unpaired) electrons. The monoisotopic (exact) mass is 630 g/mol. The number of rotatable bonds is 12. The second-order valence-corrected chi connectivity index (χ2v) is 11.0. The largest absolute Gasteiger partial charge is 0.434 e. The summed E-state index contributed by atoms with van der Waals surface area (Å²) in [6, 6.07) is 3.95. The summed E-state index contributed by atoms with van der Waals surface area (Å²) < 4.78 is 31.0. The molecule has 1 aromatic rings. The van der Waals surface area contributed by atoms with Crippen molar-refractivity contribution in [3.8, 4) is 5.75 Å². The van der Waals surface area contributed by atoms with Crippen molar-refractivity contribution in [3.05, 3.63) is 70.4 Å². The molecule has 0 atom stereocenters. The van der Waals surface area contributed by atoms with Gasteiger partial charge in [0.2, 0.25) is 5.91 Å². The first-order valence-electron chi connectivity index (χ1n) is 14.4. The van der Waals surface area contributed by atoms with Crippen LogP contribution in [0.1, 0.15) is 37.7 Å². The van der Waals surface area contributed by atoms with Gasteiger partial charge in [0.25, 0.3) is 5.91 Å². The van der Waals surface area contributed by atoms with Crippen molar-refractivity contribution in [1.29, 1.82) is 0 Å². The van der Waals surface area contributed by atoms with Crippen LogP contribution in [-0.4, -0.2) is 79.4 Å². The summed E-state index contributed by atoms with van der Waals surface area (Å²) in [4.78, 5) is 38.4. The van der Waals surface area contributed by atoms with Gasteiger partial charge in [-0.1, -0.05) is 18.2 Å². The zero-order valence-electron chi connectivity index (χ0n) is 24.3. The minimum Gasteiger partial charge on any atom is -0.434 e. The van der Waals surface area contributed by atoms with E-state index in [1.54, 1.807) is 12.3 Å². The minimum atomic E-state index is -3.12. The number of hydrogen-bond acceptors (Lipinski definition) is 9. The Balaban J connectivity index is 1.53. The Morgan fingerprint density at radius 2 is 2.05 bits per heavy atom. The zero-order chi connectivity index (χ0) is 31.6. The SMILES string of the molecule is C=C(N)/C(C(=O)NC(C=NC1CCN(CCCN2CCCC2=O)CC1)=C(N)c1cc(Cl)ccc1OC(F)F)=C1/N=CC=CN1. The topological polar surface area (TPSA) is 151 Å². The predicted octanol–water partition coefficient (Wildman–Crippen LogP) is 3.10. The second kappa shape index (κ2) is 15.5. The van der Waals surface area contributed by atoms with Gasteiger partial charge in [0.1, 0.15) is 17.1 Å². The molecule has 14 heteroatoms. The first-order chi connectivity index (χ1) is 21.1. The Bertz CT molecular complexity index is 1400. The number of carbonyl (C=O) groups excluding carboxylic acids is 2. The molecule has 3 aliphatic heterocycles. The van der Waals surface area contributed by atoms with Crippen molar-refractivity contribution in [2.75, 3.05) is 32.7 Å². The molecule has 236 valence electrons. The average molecular weight is 631 g/mol. The molecule has 1 aromatic carbocycles. The van der Waals surface area contributed by atoms with E-state index in [9.17, 15) is 18.4 Å². The number of carbonyl (C=O) groups is 2. The van der Waals surface area contributed by atoms with Crippen LogP contribution in [0.15, 0.2) is 69.8 Å². The van der Waals surface area contributed by atoms with Crippen LogP contribution in [0, 0.1) is 0 Å². The molecular weight excluding hydrogens is 594 g/mol. The van der Waals surface area contributed by atoms with E-state index in [1.807, 2.05) is 4.90 Å². The average Bonchev–Trinajstić information content (AvgIpc) is 3.41. The second-order valence-electron chi connectivity index (χ2n) is 10.5. The third kappa shape index (κ3) is 8.89. The highest BCUT2D eigenvalue weighted by Crippen LogP contribution is 2.29. The van der Waals surface area contributed by atoms with E-state index < -0.39 is 12.5 Å². The van der Waals surface area contributed by atoms with Crippen LogP contribution in [-0.2, 0) is 9.59 Å². The summed E-state index contributed by atoms with van der Waals surface area (Å²) in [6.45, 7) is 4.72. The van der Waals surface area contributed by atoms with Gasteiger partial charge in [0.15, 0.2) is 0 Å². The van der Waals surface area contributed by atoms with Crippen molar-refractivity contribution >= 4 is 41.5 Å². The van der Waals surface area contributed by atoms with Gasteiger partial charge >= 0.3 is 6.61 Å². The molecule has 2 saturated heterocycles. The Kier molecular flexibility index (Phi) is 11.5. The predicted molar refractivity (Wildman–Crippen MR) is 167 cm³/mol. The number of halogens is 3. The summed E-state index contributed by atoms with van der Waals surface area (Å²) >= 11 is 6.16. The summed E-state index contributed by atoms with van der Waals surface area (Å²) in [6.07, 6.45) is 10.1. The molecule has 4 rings (SSSR count). The van der Waals surface area contributed by atoms with E-state index in [-0.39, 0.29) is 56.8 Å². The first kappa shape index (κ1) is 32.7. The van der Waals surface area contributed by atoms with Gasteiger partial charge in [-0.2, -0.15) is 8.78 Å². The molecule has 0 unspecified atom stereocenters. The number of likely N-dealkylation sites (tertiary alicyclic amines) is 2. The maximum absolute atomic E-state index is 13.5. The molecule has 0 aromatic heterocycles. The molecule has 2 amide bonds. The highest BCUT2D eigenvalue weighted by atomic mass is 35.5. The first-order valence-corrected chi connectivity index (χ1v) is 14.7. The van der Waals surface area contributed by atoms with Crippen molar-refractivity contribution in [2.45, 2.75) is 44.8 Å². The van der Waals surface area contributed by atoms with E-state index in [0.29, 0.717) is 6.42 Å². The van der Waals surface area contributed by atoms with Crippen LogP contribution in [0.25, 0.3) is 5.70 Å². The standard InChI is InChI=1S/C30H37ClF2N8O3/c1-19(34)26(28-36-10-3-11-37-28)29(43)39-23(27(35)22-17-20(31)6-7-24(22)44-30(32)33)18-38-21-8-15-40(16-9-21)12-4-14-41-13-2-5-25(41)42/h3,6-7,10-11,17-18,21,30,36H,1-2,4-5,8-9,12-16,34-35H2,(H,39,43)/b27-23?,28-26-,38-18?. The lowest BCUT2D eigenvalue weighted by molar-refractivity contribution is -0.127. The van der Waals surface area contributed by atoms with Crippen LogP contribution in [0.3, 0.4) is 0 Å². The molecule has 6 N–H and O–H groups in total. The molecule has 3 aliphatic rings. The van der Waals surface area contributed by atoms with Gasteiger partial charge in [0.05, 0.1) is 17.4 Å². The number of hydrogen-bond donors (Lipinski definition) is 4. The van der Waals surface area contributed by atoms with Gasteiger partial charge < -0.3 is 36.6 Å². The van der Waals surface area contributed by atoms with E-state index in [2.05, 4.69) is 31.8 Å². The number of piperidine rings is 1. The number of nitrogens with two attached hydrogens (primary N) is 2. The van der Waals surface area contributed by atoms with Crippen molar-refractivity contribution in [3.63, 3.8) is 0 Å². The van der Waals surface area contributed by atoms with Crippen LogP contribution < -0.4 is 26.8 Å². The van der Waals surface area contributed by atoms with Crippen LogP contribution >= 0.6 is 11.6 Å². The van der Waals surface area contributed by atoms with Crippen molar-refractivity contribution in [2.24, 2.45) is 21.5 Å². The van der Waals surface area contributed by atoms with E-state index in [4.69, 9.17) is 28.1 Å². The van der Waals surface area contributed by atoms with Crippen LogP contribution in [0.5, 0.6) is 5.75 Å². The lowest BCUT2D eigenvalue weighted by Gasteiger charge is -2.30. The fourth-order valence-electron chi connectivity index (χ4n) is 5.18. The normalized spacial score (nSPS) is 19.4. The molecule has 3 heterocycles. The smallest absolute Gasteiger partial charge is 0.387 e. The maximum atomic E-state index is 13.5. The lowest BCUT2D eigenvalue weighted by atomic mass is 10.1. The summed E-state index contributed by atoms with van der Waals surface area (Å²) in [7, 11) is 0.